The van der Waals surface area contributed by atoms with E-state index >= 15 is 0 Å². The van der Waals surface area contributed by atoms with Crippen LogP contribution in [0.1, 0.15) is 32.3 Å². The SMILES string of the molecule is C/C=C(\Cl)CN1CC[C@]23C(=C(C(=O)OC)C[C@@H](OC(C)=O)[C@H]12)Nc1ccccc13. The van der Waals surface area contributed by atoms with E-state index in [1.807, 2.05) is 31.2 Å². The van der Waals surface area contributed by atoms with Crippen molar-refractivity contribution in [2.24, 2.45) is 0 Å². The van der Waals surface area contributed by atoms with Crippen LogP contribution >= 0.6 is 11.6 Å². The van der Waals surface area contributed by atoms with Gasteiger partial charge < -0.3 is 14.8 Å². The Morgan fingerprint density at radius 1 is 1.38 bits per heavy atom. The number of methoxy groups -OCH3 is 1. The summed E-state index contributed by atoms with van der Waals surface area (Å²) < 4.78 is 10.9. The van der Waals surface area contributed by atoms with Gasteiger partial charge in [0.25, 0.3) is 0 Å². The molecule has 4 rings (SSSR count). The fourth-order valence-corrected chi connectivity index (χ4v) is 5.40. The van der Waals surface area contributed by atoms with E-state index in [0.717, 1.165) is 34.9 Å². The second-order valence-electron chi connectivity index (χ2n) is 7.74. The van der Waals surface area contributed by atoms with Gasteiger partial charge in [0.2, 0.25) is 0 Å². The number of para-hydroxylation sites is 1. The molecule has 1 saturated heterocycles. The Bertz CT molecular complexity index is 925. The average molecular weight is 417 g/mol. The van der Waals surface area contributed by atoms with E-state index in [2.05, 4.69) is 16.3 Å². The van der Waals surface area contributed by atoms with Gasteiger partial charge in [-0.2, -0.15) is 0 Å². The highest BCUT2D eigenvalue weighted by Crippen LogP contribution is 2.58. The second kappa shape index (κ2) is 7.50. The monoisotopic (exact) mass is 416 g/mol. The van der Waals surface area contributed by atoms with Crippen molar-refractivity contribution in [1.29, 1.82) is 0 Å². The van der Waals surface area contributed by atoms with Crippen molar-refractivity contribution in [2.45, 2.75) is 44.2 Å². The van der Waals surface area contributed by atoms with Crippen molar-refractivity contribution in [3.05, 3.63) is 52.2 Å². The lowest BCUT2D eigenvalue weighted by atomic mass is 9.66. The number of carbonyl (C=O) groups excluding carboxylic acids is 2. The number of esters is 2. The minimum absolute atomic E-state index is 0.125. The Kier molecular flexibility index (Phi) is 5.17. The van der Waals surface area contributed by atoms with Crippen molar-refractivity contribution in [3.8, 4) is 0 Å². The number of hydrogen-bond donors (Lipinski definition) is 1. The Hall–Kier alpha value is -2.31. The molecule has 1 aromatic carbocycles. The van der Waals surface area contributed by atoms with Gasteiger partial charge in [0, 0.05) is 42.9 Å². The van der Waals surface area contributed by atoms with E-state index in [1.54, 1.807) is 0 Å². The van der Waals surface area contributed by atoms with E-state index in [4.69, 9.17) is 21.1 Å². The van der Waals surface area contributed by atoms with E-state index in [1.165, 1.54) is 14.0 Å². The first-order valence-electron chi connectivity index (χ1n) is 9.82. The predicted octanol–water partition coefficient (Wildman–Crippen LogP) is 3.33. The van der Waals surface area contributed by atoms with Crippen LogP contribution in [0.25, 0.3) is 0 Å². The summed E-state index contributed by atoms with van der Waals surface area (Å²) in [4.78, 5) is 26.9. The number of nitrogens with zero attached hydrogens (tertiary/aromatic N) is 1. The summed E-state index contributed by atoms with van der Waals surface area (Å²) in [5.41, 5.74) is 3.06. The minimum Gasteiger partial charge on any atom is -0.466 e. The molecular weight excluding hydrogens is 392 g/mol. The maximum Gasteiger partial charge on any atom is 0.335 e. The van der Waals surface area contributed by atoms with Gasteiger partial charge in [0.1, 0.15) is 6.10 Å². The molecule has 154 valence electrons. The molecule has 3 atom stereocenters. The molecule has 0 saturated carbocycles. The zero-order valence-electron chi connectivity index (χ0n) is 16.8. The highest BCUT2D eigenvalue weighted by Gasteiger charge is 2.62. The van der Waals surface area contributed by atoms with E-state index in [9.17, 15) is 9.59 Å². The third-order valence-corrected chi connectivity index (χ3v) is 6.62. The zero-order chi connectivity index (χ0) is 20.8. The number of carbonyl (C=O) groups is 2. The number of benzene rings is 1. The van der Waals surface area contributed by atoms with Gasteiger partial charge in [-0.15, -0.1) is 0 Å². The van der Waals surface area contributed by atoms with Gasteiger partial charge in [0.05, 0.1) is 24.1 Å². The van der Waals surface area contributed by atoms with Crippen molar-refractivity contribution >= 4 is 29.2 Å². The first kappa shape index (κ1) is 20.0. The van der Waals surface area contributed by atoms with Crippen LogP contribution in [0.15, 0.2) is 46.6 Å². The van der Waals surface area contributed by atoms with Crippen molar-refractivity contribution < 1.29 is 19.1 Å². The van der Waals surface area contributed by atoms with Crippen LogP contribution in [0.4, 0.5) is 5.69 Å². The standard InChI is InChI=1S/C22H25ClN2O4/c1-4-14(23)12-25-10-9-22-16-7-5-6-8-17(16)24-19(22)15(21(27)28-3)11-18(20(22)25)29-13(2)26/h4-8,18,20,24H,9-12H2,1-3H3/b14-4-/t18-,20+,22+/m1/s1. The van der Waals surface area contributed by atoms with Gasteiger partial charge in [0.15, 0.2) is 0 Å². The first-order valence-corrected chi connectivity index (χ1v) is 10.2. The quantitative estimate of drug-likeness (QED) is 0.759. The molecule has 2 aliphatic heterocycles. The van der Waals surface area contributed by atoms with Crippen LogP contribution in [0.2, 0.25) is 0 Å². The molecule has 7 heteroatoms. The lowest BCUT2D eigenvalue weighted by Crippen LogP contribution is -2.55. The predicted molar refractivity (Wildman–Crippen MR) is 111 cm³/mol. The Morgan fingerprint density at radius 2 is 2.14 bits per heavy atom. The zero-order valence-corrected chi connectivity index (χ0v) is 17.6. The number of anilines is 1. The topological polar surface area (TPSA) is 67.9 Å². The number of halogens is 1. The molecule has 29 heavy (non-hydrogen) atoms. The summed E-state index contributed by atoms with van der Waals surface area (Å²) in [5, 5.41) is 4.23. The largest absolute Gasteiger partial charge is 0.466 e. The summed E-state index contributed by atoms with van der Waals surface area (Å²) in [7, 11) is 1.38. The molecular formula is C22H25ClN2O4. The molecule has 1 aromatic rings. The molecule has 1 spiro atoms. The summed E-state index contributed by atoms with van der Waals surface area (Å²) in [6, 6.07) is 7.96. The lowest BCUT2D eigenvalue weighted by molar-refractivity contribution is -0.152. The van der Waals surface area contributed by atoms with Gasteiger partial charge in [-0.25, -0.2) is 4.79 Å². The maximum atomic E-state index is 12.7. The molecule has 0 radical (unpaired) electrons. The second-order valence-corrected chi connectivity index (χ2v) is 8.23. The number of rotatable bonds is 4. The summed E-state index contributed by atoms with van der Waals surface area (Å²) in [6.45, 7) is 4.67. The van der Waals surface area contributed by atoms with Crippen LogP contribution < -0.4 is 5.32 Å². The van der Waals surface area contributed by atoms with Crippen LogP contribution in [0.3, 0.4) is 0 Å². The number of fused-ring (bicyclic) bond motifs is 1. The molecule has 1 N–H and O–H groups in total. The number of ether oxygens (including phenoxy) is 2. The molecule has 0 aromatic heterocycles. The fraction of sp³-hybridized carbons (Fsp3) is 0.455. The van der Waals surface area contributed by atoms with Crippen LogP contribution in [0.5, 0.6) is 0 Å². The first-order chi connectivity index (χ1) is 13.9. The van der Waals surface area contributed by atoms with E-state index < -0.39 is 11.5 Å². The summed E-state index contributed by atoms with van der Waals surface area (Å²) >= 11 is 6.38. The highest BCUT2D eigenvalue weighted by molar-refractivity contribution is 6.29. The Morgan fingerprint density at radius 3 is 2.83 bits per heavy atom. The smallest absolute Gasteiger partial charge is 0.335 e. The highest BCUT2D eigenvalue weighted by atomic mass is 35.5. The molecule has 2 heterocycles. The molecule has 1 fully saturated rings. The van der Waals surface area contributed by atoms with Gasteiger partial charge in [-0.3, -0.25) is 9.69 Å². The average Bonchev–Trinajstić information content (AvgIpc) is 3.25. The molecule has 6 nitrogen and oxygen atoms in total. The maximum absolute atomic E-state index is 12.7. The number of nitrogens with one attached hydrogen (secondary N) is 1. The van der Waals surface area contributed by atoms with Gasteiger partial charge >= 0.3 is 11.9 Å². The number of hydrogen-bond acceptors (Lipinski definition) is 6. The normalized spacial score (nSPS) is 28.3. The van der Waals surface area contributed by atoms with Crippen LogP contribution in [-0.2, 0) is 24.5 Å². The number of likely N-dealkylation sites (tertiary alicyclic amines) is 1. The third kappa shape index (κ3) is 3.06. The Balaban J connectivity index is 1.91. The summed E-state index contributed by atoms with van der Waals surface area (Å²) in [5.74, 6) is -0.749. The van der Waals surface area contributed by atoms with Gasteiger partial charge in [-0.1, -0.05) is 35.9 Å². The fourth-order valence-electron chi connectivity index (χ4n) is 5.25. The van der Waals surface area contributed by atoms with Crippen LogP contribution in [0, 0.1) is 0 Å². The molecule has 0 unspecified atom stereocenters. The molecule has 1 aliphatic carbocycles. The molecule has 3 aliphatic rings. The Labute approximate surface area is 175 Å². The van der Waals surface area contributed by atoms with Crippen LogP contribution in [-0.4, -0.2) is 49.2 Å². The summed E-state index contributed by atoms with van der Waals surface area (Å²) in [6.07, 6.45) is 2.51. The molecule has 0 bridgehead atoms. The number of allylic oxidation sites excluding steroid dienone is 1. The van der Waals surface area contributed by atoms with Gasteiger partial charge in [-0.05, 0) is 25.0 Å². The van der Waals surface area contributed by atoms with Crippen molar-refractivity contribution in [3.63, 3.8) is 0 Å². The van der Waals surface area contributed by atoms with E-state index in [-0.39, 0.29) is 18.0 Å². The van der Waals surface area contributed by atoms with Crippen molar-refractivity contribution in [1.82, 2.24) is 4.90 Å². The lowest BCUT2D eigenvalue weighted by Gasteiger charge is -2.44. The minimum atomic E-state index is -0.470. The third-order valence-electron chi connectivity index (χ3n) is 6.28. The van der Waals surface area contributed by atoms with E-state index in [0.29, 0.717) is 18.5 Å². The van der Waals surface area contributed by atoms with Crippen molar-refractivity contribution in [2.75, 3.05) is 25.5 Å². The molecule has 0 amide bonds.